The molecule has 7 nitrogen and oxygen atoms in total. The Kier molecular flexibility index (Phi) is 11.0. The predicted octanol–water partition coefficient (Wildman–Crippen LogP) is 2.65. The number of amides is 1. The average Bonchev–Trinajstić information content (AvgIpc) is 3.15. The van der Waals surface area contributed by atoms with Crippen LogP contribution in [0.1, 0.15) is 33.6 Å². The van der Waals surface area contributed by atoms with Crippen LogP contribution in [0.3, 0.4) is 0 Å². The van der Waals surface area contributed by atoms with Gasteiger partial charge in [-0.25, -0.2) is 4.99 Å². The summed E-state index contributed by atoms with van der Waals surface area (Å²) in [5.41, 5.74) is 0. The van der Waals surface area contributed by atoms with Crippen molar-refractivity contribution >= 4 is 35.8 Å². The van der Waals surface area contributed by atoms with Gasteiger partial charge in [-0.15, -0.1) is 24.0 Å². The molecule has 1 aromatic rings. The molecule has 28 heavy (non-hydrogen) atoms. The predicted molar refractivity (Wildman–Crippen MR) is 123 cm³/mol. The molecular formula is C20H33IN4O3. The molecule has 0 saturated carbocycles. The lowest BCUT2D eigenvalue weighted by Crippen LogP contribution is -2.45. The SMILES string of the molecule is CCNC(=NCC(C)Oc1ccc(OC)cc1)NC1CCN(C(=O)CC)C1.I. The summed E-state index contributed by atoms with van der Waals surface area (Å²) in [4.78, 5) is 18.4. The lowest BCUT2D eigenvalue weighted by Gasteiger charge is -2.19. The monoisotopic (exact) mass is 504 g/mol. The Hall–Kier alpha value is -1.71. The lowest BCUT2D eigenvalue weighted by molar-refractivity contribution is -0.129. The van der Waals surface area contributed by atoms with Crippen LogP contribution >= 0.6 is 24.0 Å². The van der Waals surface area contributed by atoms with Crippen LogP contribution in [-0.2, 0) is 4.79 Å². The van der Waals surface area contributed by atoms with Crippen LogP contribution in [0.15, 0.2) is 29.3 Å². The number of hydrogen-bond acceptors (Lipinski definition) is 4. The fraction of sp³-hybridized carbons (Fsp3) is 0.600. The van der Waals surface area contributed by atoms with E-state index in [0.717, 1.165) is 43.5 Å². The molecule has 1 fully saturated rings. The number of methoxy groups -OCH3 is 1. The Morgan fingerprint density at radius 3 is 2.57 bits per heavy atom. The quantitative estimate of drug-likeness (QED) is 0.324. The highest BCUT2D eigenvalue weighted by atomic mass is 127. The first-order valence-corrected chi connectivity index (χ1v) is 9.69. The summed E-state index contributed by atoms with van der Waals surface area (Å²) in [5.74, 6) is 2.57. The number of aliphatic imine (C=N–C) groups is 1. The van der Waals surface area contributed by atoms with Gasteiger partial charge in [0.15, 0.2) is 5.96 Å². The summed E-state index contributed by atoms with van der Waals surface area (Å²) in [6.07, 6.45) is 1.44. The average molecular weight is 504 g/mol. The number of guanidine groups is 1. The van der Waals surface area contributed by atoms with Gasteiger partial charge in [-0.05, 0) is 44.5 Å². The van der Waals surface area contributed by atoms with Crippen LogP contribution in [0.25, 0.3) is 0 Å². The van der Waals surface area contributed by atoms with E-state index in [0.29, 0.717) is 13.0 Å². The number of nitrogens with one attached hydrogen (secondary N) is 2. The van der Waals surface area contributed by atoms with Gasteiger partial charge >= 0.3 is 0 Å². The molecule has 0 aromatic heterocycles. The van der Waals surface area contributed by atoms with Crippen molar-refractivity contribution < 1.29 is 14.3 Å². The van der Waals surface area contributed by atoms with E-state index < -0.39 is 0 Å². The van der Waals surface area contributed by atoms with E-state index in [-0.39, 0.29) is 42.0 Å². The van der Waals surface area contributed by atoms with E-state index in [1.807, 2.05) is 49.9 Å². The van der Waals surface area contributed by atoms with Crippen LogP contribution in [-0.4, -0.2) is 62.2 Å². The van der Waals surface area contributed by atoms with Crippen molar-refractivity contribution in [2.75, 3.05) is 33.3 Å². The molecule has 1 aromatic carbocycles. The number of likely N-dealkylation sites (tertiary alicyclic amines) is 1. The molecule has 2 N–H and O–H groups in total. The van der Waals surface area contributed by atoms with Gasteiger partial charge in [0, 0.05) is 32.1 Å². The fourth-order valence-electron chi connectivity index (χ4n) is 2.99. The smallest absolute Gasteiger partial charge is 0.222 e. The first-order valence-electron chi connectivity index (χ1n) is 9.69. The molecule has 2 atom stereocenters. The third kappa shape index (κ3) is 7.73. The van der Waals surface area contributed by atoms with Crippen molar-refractivity contribution in [2.45, 2.75) is 45.8 Å². The number of halogens is 1. The Bertz CT molecular complexity index is 624. The number of carbonyl (C=O) groups excluding carboxylic acids is 1. The molecular weight excluding hydrogens is 471 g/mol. The van der Waals surface area contributed by atoms with E-state index in [1.165, 1.54) is 0 Å². The zero-order valence-corrected chi connectivity index (χ0v) is 19.6. The second-order valence-corrected chi connectivity index (χ2v) is 6.65. The Morgan fingerprint density at radius 2 is 1.96 bits per heavy atom. The molecule has 1 aliphatic heterocycles. The molecule has 0 aliphatic carbocycles. The minimum atomic E-state index is -0.0596. The summed E-state index contributed by atoms with van der Waals surface area (Å²) in [5, 5.41) is 6.70. The van der Waals surface area contributed by atoms with Gasteiger partial charge < -0.3 is 25.0 Å². The maximum absolute atomic E-state index is 11.8. The summed E-state index contributed by atoms with van der Waals surface area (Å²) in [6, 6.07) is 7.76. The van der Waals surface area contributed by atoms with Gasteiger partial charge in [0.25, 0.3) is 0 Å². The van der Waals surface area contributed by atoms with Crippen LogP contribution in [0.2, 0.25) is 0 Å². The van der Waals surface area contributed by atoms with Crippen molar-refractivity contribution in [1.29, 1.82) is 0 Å². The maximum atomic E-state index is 11.8. The molecule has 0 radical (unpaired) electrons. The van der Waals surface area contributed by atoms with E-state index in [4.69, 9.17) is 9.47 Å². The van der Waals surface area contributed by atoms with E-state index >= 15 is 0 Å². The molecule has 1 heterocycles. The highest BCUT2D eigenvalue weighted by Gasteiger charge is 2.25. The first kappa shape index (κ1) is 24.3. The minimum Gasteiger partial charge on any atom is -0.497 e. The first-order chi connectivity index (χ1) is 13.0. The molecule has 1 saturated heterocycles. The van der Waals surface area contributed by atoms with Gasteiger partial charge in [-0.1, -0.05) is 6.92 Å². The van der Waals surface area contributed by atoms with Gasteiger partial charge in [0.2, 0.25) is 5.91 Å². The van der Waals surface area contributed by atoms with Crippen molar-refractivity contribution in [3.8, 4) is 11.5 Å². The van der Waals surface area contributed by atoms with Crippen molar-refractivity contribution in [3.05, 3.63) is 24.3 Å². The van der Waals surface area contributed by atoms with Crippen LogP contribution in [0.5, 0.6) is 11.5 Å². The highest BCUT2D eigenvalue weighted by Crippen LogP contribution is 2.18. The summed E-state index contributed by atoms with van der Waals surface area (Å²) in [6.45, 7) is 8.79. The van der Waals surface area contributed by atoms with E-state index in [9.17, 15) is 4.79 Å². The van der Waals surface area contributed by atoms with Crippen LogP contribution < -0.4 is 20.1 Å². The van der Waals surface area contributed by atoms with E-state index in [1.54, 1.807) is 7.11 Å². The molecule has 8 heteroatoms. The fourth-order valence-corrected chi connectivity index (χ4v) is 2.99. The Balaban J connectivity index is 0.00000392. The standard InChI is InChI=1S/C20H32N4O3.HI/c1-5-19(25)24-12-11-16(14-24)23-20(21-6-2)22-13-15(3)27-18-9-7-17(26-4)8-10-18;/h7-10,15-16H,5-6,11-14H2,1-4H3,(H2,21,22,23);1H. The molecule has 158 valence electrons. The number of nitrogens with zero attached hydrogens (tertiary/aromatic N) is 2. The summed E-state index contributed by atoms with van der Waals surface area (Å²) >= 11 is 0. The normalized spacial score (nSPS) is 17.5. The number of rotatable bonds is 8. The molecule has 1 amide bonds. The van der Waals surface area contributed by atoms with E-state index in [2.05, 4.69) is 15.6 Å². The zero-order valence-electron chi connectivity index (χ0n) is 17.2. The molecule has 0 spiro atoms. The molecule has 2 unspecified atom stereocenters. The van der Waals surface area contributed by atoms with Crippen molar-refractivity contribution in [3.63, 3.8) is 0 Å². The summed E-state index contributed by atoms with van der Waals surface area (Å²) < 4.78 is 11.1. The lowest BCUT2D eigenvalue weighted by atomic mass is 10.3. The third-order valence-electron chi connectivity index (χ3n) is 4.43. The minimum absolute atomic E-state index is 0. The largest absolute Gasteiger partial charge is 0.497 e. The van der Waals surface area contributed by atoms with Crippen molar-refractivity contribution in [2.24, 2.45) is 4.99 Å². The van der Waals surface area contributed by atoms with Gasteiger partial charge in [-0.2, -0.15) is 0 Å². The van der Waals surface area contributed by atoms with Gasteiger partial charge in [-0.3, -0.25) is 4.79 Å². The molecule has 1 aliphatic rings. The Labute approximate surface area is 185 Å². The third-order valence-corrected chi connectivity index (χ3v) is 4.43. The van der Waals surface area contributed by atoms with Crippen molar-refractivity contribution in [1.82, 2.24) is 15.5 Å². The summed E-state index contributed by atoms with van der Waals surface area (Å²) in [7, 11) is 1.64. The molecule has 0 bridgehead atoms. The van der Waals surface area contributed by atoms with Crippen LogP contribution in [0, 0.1) is 0 Å². The second-order valence-electron chi connectivity index (χ2n) is 6.65. The second kappa shape index (κ2) is 12.7. The number of ether oxygens (including phenoxy) is 2. The van der Waals surface area contributed by atoms with Gasteiger partial charge in [0.1, 0.15) is 17.6 Å². The number of carbonyl (C=O) groups is 1. The topological polar surface area (TPSA) is 75.2 Å². The molecule has 2 rings (SSSR count). The maximum Gasteiger partial charge on any atom is 0.222 e. The highest BCUT2D eigenvalue weighted by molar-refractivity contribution is 14.0. The van der Waals surface area contributed by atoms with Crippen LogP contribution in [0.4, 0.5) is 0 Å². The number of hydrogen-bond donors (Lipinski definition) is 2. The zero-order chi connectivity index (χ0) is 19.6. The Morgan fingerprint density at radius 1 is 1.29 bits per heavy atom. The number of benzene rings is 1. The van der Waals surface area contributed by atoms with Gasteiger partial charge in [0.05, 0.1) is 13.7 Å².